The van der Waals surface area contributed by atoms with E-state index in [9.17, 15) is 29.7 Å². The summed E-state index contributed by atoms with van der Waals surface area (Å²) in [6, 6.07) is 0. The zero-order valence-electron chi connectivity index (χ0n) is 42.6. The number of aromatic hydroxyl groups is 2. The number of hydrogen-bond donors (Lipinski definition) is 4. The molecule has 5 bridgehead atoms. The number of aliphatic hydroxyl groups is 1. The molecule has 3 fully saturated rings. The van der Waals surface area contributed by atoms with Gasteiger partial charge in [-0.1, -0.05) is 59.8 Å². The fourth-order valence-electron chi connectivity index (χ4n) is 11.9. The first-order chi connectivity index (χ1) is 32.6. The van der Waals surface area contributed by atoms with E-state index in [-0.39, 0.29) is 73.4 Å². The fraction of sp³-hybridized carbons (Fsp3) is 0.648. The molecule has 2 spiro atoms. The molecule has 7 atom stereocenters. The third kappa shape index (κ3) is 9.89. The molecule has 0 aliphatic carbocycles. The highest BCUT2D eigenvalue weighted by atomic mass is 16.7. The smallest absolute Gasteiger partial charge is 0.410 e. The summed E-state index contributed by atoms with van der Waals surface area (Å²) in [6.45, 7) is 22.9. The molecule has 376 valence electrons. The van der Waals surface area contributed by atoms with E-state index in [4.69, 9.17) is 19.2 Å². The van der Waals surface area contributed by atoms with Gasteiger partial charge in [0.1, 0.15) is 34.0 Å². The number of carbonyl (C=O) groups is 3. The van der Waals surface area contributed by atoms with Crippen LogP contribution in [-0.4, -0.2) is 124 Å². The molecule has 1 unspecified atom stereocenters. The molecule has 15 heteroatoms. The highest BCUT2D eigenvalue weighted by molar-refractivity contribution is 6.21. The molecule has 0 aromatic heterocycles. The number of nitrogens with one attached hydrogen (secondary N) is 1. The lowest BCUT2D eigenvalue weighted by atomic mass is 9.72. The molecular formula is C54H76N6O9. The first kappa shape index (κ1) is 50.4. The Morgan fingerprint density at radius 3 is 2.36 bits per heavy atom. The lowest BCUT2D eigenvalue weighted by Crippen LogP contribution is -2.52. The summed E-state index contributed by atoms with van der Waals surface area (Å²) < 4.78 is 19.1. The Kier molecular flexibility index (Phi) is 14.4. The van der Waals surface area contributed by atoms with E-state index in [1.165, 1.54) is 13.2 Å². The molecule has 2 amide bonds. The SMILES string of the molecule is C/C1=C/C=C/[C@H](C)C[C@@H](C)[C@@H](O)[C@@H](C)C(OC(=O)N2CCCC3(CCN(C)CC3)C2)[C@H](C)C/C=C/O[C@@]2(C)Oc3c(C)c(O)c4c(O)c(c5c(c4c3C2=O)NC2(CCN(CC(C)C)CC2)N=5)=NC1=O. The zero-order valence-corrected chi connectivity index (χ0v) is 42.6. The number of carbonyl (C=O) groups excluding carboxylic acids is 3. The van der Waals surface area contributed by atoms with Crippen LogP contribution in [0, 0.1) is 41.9 Å². The van der Waals surface area contributed by atoms with Crippen molar-refractivity contribution in [2.24, 2.45) is 45.0 Å². The highest BCUT2D eigenvalue weighted by Crippen LogP contribution is 2.51. The molecule has 2 aromatic rings. The van der Waals surface area contributed by atoms with Crippen molar-refractivity contribution in [3.63, 3.8) is 0 Å². The first-order valence-corrected chi connectivity index (χ1v) is 25.5. The van der Waals surface area contributed by atoms with E-state index in [1.54, 1.807) is 26.0 Å². The summed E-state index contributed by atoms with van der Waals surface area (Å²) in [6.07, 6.45) is 13.2. The zero-order chi connectivity index (χ0) is 49.7. The van der Waals surface area contributed by atoms with E-state index in [2.05, 4.69) is 47.9 Å². The fourth-order valence-corrected chi connectivity index (χ4v) is 11.9. The van der Waals surface area contributed by atoms with Crippen molar-refractivity contribution in [3.05, 3.63) is 58.0 Å². The summed E-state index contributed by atoms with van der Waals surface area (Å²) >= 11 is 0. The molecule has 2 aromatic carbocycles. The van der Waals surface area contributed by atoms with E-state index in [1.807, 2.05) is 37.8 Å². The van der Waals surface area contributed by atoms with Gasteiger partial charge in [-0.25, -0.2) is 9.79 Å². The van der Waals surface area contributed by atoms with Crippen LogP contribution in [0.5, 0.6) is 17.2 Å². The van der Waals surface area contributed by atoms with E-state index in [0.717, 1.165) is 58.4 Å². The summed E-state index contributed by atoms with van der Waals surface area (Å²) in [5.41, 5.74) is 0.271. The van der Waals surface area contributed by atoms with Gasteiger partial charge >= 0.3 is 11.9 Å². The monoisotopic (exact) mass is 953 g/mol. The number of piperidine rings is 3. The standard InChI is InChI=1S/C54H76N6O9/c1-31(2)29-59-25-20-54(21-26-59)56-41-38-39-45(62)37(8)48-40(38)49(64)52(9,69-48)67-27-12-16-33(4)47(68-51(66)60-22-13-17-53(30-60)18-23-58(10)24-19-53)36(7)44(61)35(6)28-32(3)14-11-15-34(5)50(65)55-43(46(39)63)42(41)57-54/h11-12,14-15,27,31-33,35-36,44,47,56,61-63H,13,16-26,28-30H2,1-10H3/b14-11+,27-12+,34-15-,55-43?/t32-,33+,35+,36+,44+,47?,52-/m0/s1. The molecule has 4 N–H and O–H groups in total. The number of phenolic OH excluding ortho intramolecular Hbond substituents is 2. The second-order valence-electron chi connectivity index (χ2n) is 22.3. The number of Topliss-reactive ketones (excluding diaryl/α,β-unsaturated/α-hetero) is 1. The third-order valence-electron chi connectivity index (χ3n) is 16.1. The van der Waals surface area contributed by atoms with Crippen molar-refractivity contribution in [3.8, 4) is 17.2 Å². The minimum atomic E-state index is -1.87. The minimum Gasteiger partial charge on any atom is -0.507 e. The van der Waals surface area contributed by atoms with Crippen LogP contribution in [0.3, 0.4) is 0 Å². The van der Waals surface area contributed by atoms with Crippen LogP contribution in [0.25, 0.3) is 10.8 Å². The van der Waals surface area contributed by atoms with Crippen LogP contribution < -0.4 is 20.8 Å². The first-order valence-electron chi connectivity index (χ1n) is 25.5. The Morgan fingerprint density at radius 2 is 1.67 bits per heavy atom. The van der Waals surface area contributed by atoms with Crippen LogP contribution in [0.4, 0.5) is 10.5 Å². The average molecular weight is 953 g/mol. The van der Waals surface area contributed by atoms with Gasteiger partial charge in [0.25, 0.3) is 11.7 Å². The van der Waals surface area contributed by atoms with Crippen molar-refractivity contribution >= 4 is 34.2 Å². The second-order valence-corrected chi connectivity index (χ2v) is 22.3. The molecule has 9 rings (SSSR count). The van der Waals surface area contributed by atoms with Crippen LogP contribution in [0.2, 0.25) is 0 Å². The molecule has 69 heavy (non-hydrogen) atoms. The Balaban J connectivity index is 1.16. The molecule has 7 aliphatic heterocycles. The normalized spacial score (nSPS) is 31.7. The molecule has 0 radical (unpaired) electrons. The maximum Gasteiger partial charge on any atom is 0.410 e. The number of ketones is 1. The van der Waals surface area contributed by atoms with E-state index in [0.29, 0.717) is 56.0 Å². The van der Waals surface area contributed by atoms with Gasteiger partial charge in [-0.3, -0.25) is 14.6 Å². The number of amides is 2. The van der Waals surface area contributed by atoms with Gasteiger partial charge in [-0.2, -0.15) is 0 Å². The summed E-state index contributed by atoms with van der Waals surface area (Å²) in [7, 11) is 2.15. The number of aliphatic hydroxyl groups excluding tert-OH is 1. The molecule has 7 aliphatic rings. The number of hydrogen-bond acceptors (Lipinski definition) is 13. The third-order valence-corrected chi connectivity index (χ3v) is 16.1. The van der Waals surface area contributed by atoms with Gasteiger partial charge in [0.15, 0.2) is 5.75 Å². The van der Waals surface area contributed by atoms with Gasteiger partial charge < -0.3 is 49.5 Å². The quantitative estimate of drug-likeness (QED) is 0.222. The van der Waals surface area contributed by atoms with Gasteiger partial charge in [0.05, 0.1) is 29.0 Å². The lowest BCUT2D eigenvalue weighted by Gasteiger charge is -2.47. The topological polar surface area (TPSA) is 186 Å². The summed E-state index contributed by atoms with van der Waals surface area (Å²) in [5, 5.41) is 40.0. The number of fused-ring (bicyclic) bond motifs is 13. The van der Waals surface area contributed by atoms with Crippen LogP contribution >= 0.6 is 0 Å². The molecule has 0 saturated carbocycles. The largest absolute Gasteiger partial charge is 0.507 e. The molecule has 7 heterocycles. The number of likely N-dealkylation sites (tertiary alicyclic amines) is 3. The Bertz CT molecular complexity index is 2560. The van der Waals surface area contributed by atoms with Crippen LogP contribution in [-0.2, 0) is 14.3 Å². The number of nitrogens with zero attached hydrogens (tertiary/aromatic N) is 5. The van der Waals surface area contributed by atoms with Gasteiger partial charge in [0, 0.05) is 74.9 Å². The maximum absolute atomic E-state index is 14.9. The number of benzene rings is 2. The molecule has 15 nitrogen and oxygen atoms in total. The summed E-state index contributed by atoms with van der Waals surface area (Å²) in [4.78, 5) is 59.3. The Hall–Kier alpha value is -4.99. The Labute approximate surface area is 407 Å². The number of rotatable bonds is 3. The molecule has 3 saturated heterocycles. The lowest BCUT2D eigenvalue weighted by molar-refractivity contribution is -0.114. The van der Waals surface area contributed by atoms with Gasteiger partial charge in [0.2, 0.25) is 0 Å². The van der Waals surface area contributed by atoms with Crippen LogP contribution in [0.1, 0.15) is 123 Å². The predicted octanol–water partition coefficient (Wildman–Crippen LogP) is 7.54. The van der Waals surface area contributed by atoms with Crippen molar-refractivity contribution in [2.45, 2.75) is 137 Å². The second kappa shape index (κ2) is 19.7. The van der Waals surface area contributed by atoms with E-state index >= 15 is 0 Å². The average Bonchev–Trinajstić information content (AvgIpc) is 3.81. The summed E-state index contributed by atoms with van der Waals surface area (Å²) in [5.74, 6) is -4.06. The molecular weight excluding hydrogens is 877 g/mol. The van der Waals surface area contributed by atoms with Crippen molar-refractivity contribution < 1.29 is 43.9 Å². The maximum atomic E-state index is 14.9. The number of ether oxygens (including phenoxy) is 3. The number of allylic oxidation sites excluding steroid dienone is 4. The van der Waals surface area contributed by atoms with Crippen LogP contribution in [0.15, 0.2) is 46.1 Å². The van der Waals surface area contributed by atoms with Crippen molar-refractivity contribution in [1.82, 2.24) is 14.7 Å². The minimum absolute atomic E-state index is 0.0147. The van der Waals surface area contributed by atoms with Crippen molar-refractivity contribution in [2.75, 3.05) is 58.2 Å². The Morgan fingerprint density at radius 1 is 0.957 bits per heavy atom. The predicted molar refractivity (Wildman–Crippen MR) is 265 cm³/mol. The van der Waals surface area contributed by atoms with Gasteiger partial charge in [-0.05, 0) is 108 Å². The number of anilines is 1. The van der Waals surface area contributed by atoms with Gasteiger partial charge in [-0.15, -0.1) is 0 Å². The number of phenols is 2. The highest BCUT2D eigenvalue weighted by Gasteiger charge is 2.51. The van der Waals surface area contributed by atoms with Crippen molar-refractivity contribution in [1.29, 1.82) is 0 Å². The van der Waals surface area contributed by atoms with E-state index < -0.39 is 47.0 Å².